The van der Waals surface area contributed by atoms with Crippen molar-refractivity contribution in [1.29, 1.82) is 0 Å². The monoisotopic (exact) mass is 353 g/mol. The van der Waals surface area contributed by atoms with Gasteiger partial charge in [-0.1, -0.05) is 0 Å². The topological polar surface area (TPSA) is 157 Å². The Kier molecular flexibility index (Phi) is 9.56. The van der Waals surface area contributed by atoms with Crippen molar-refractivity contribution in [3.05, 3.63) is 22.7 Å². The molecule has 0 bridgehead atoms. The maximum Gasteiger partial charge on any atom is 0.469 e. The number of aliphatic hydroxyl groups excluding tert-OH is 1. The first-order valence-corrected chi connectivity index (χ1v) is 7.18. The van der Waals surface area contributed by atoms with Crippen LogP contribution in [0.1, 0.15) is 12.6 Å². The van der Waals surface area contributed by atoms with E-state index in [-0.39, 0.29) is 71.4 Å². The Morgan fingerprint density at radius 2 is 2.14 bits per heavy atom. The number of nitrogens with two attached hydrogens (primary N) is 1. The standard InChI is InChI=1S/C9H14N3O7P.2Na/c10-7-1-2-12(9(14)11-7)8-3-5(6(4-13)18-8)19-20(15,16)17;;/h1-2,5-6,8,13H,3-4H2,(H2,10,11,14)(H2,15,16,17);;/t5-,6+,8+;;/m0../s1. The van der Waals surface area contributed by atoms with E-state index in [0.29, 0.717) is 0 Å². The van der Waals surface area contributed by atoms with Gasteiger partial charge in [-0.25, -0.2) is 9.36 Å². The minimum atomic E-state index is -4.72. The first-order chi connectivity index (χ1) is 9.30. The zero-order chi connectivity index (χ0) is 14.9. The molecule has 0 saturated carbocycles. The van der Waals surface area contributed by atoms with Gasteiger partial charge in [-0.3, -0.25) is 9.09 Å². The number of hydrogen-bond acceptors (Lipinski definition) is 7. The zero-order valence-corrected chi connectivity index (χ0v) is 17.1. The average Bonchev–Trinajstić information content (AvgIpc) is 2.69. The minimum Gasteiger partial charge on any atom is -0.394 e. The molecule has 10 nitrogen and oxygen atoms in total. The number of hydrogen-bond donors (Lipinski definition) is 4. The SMILES string of the molecule is Nc1ccn([C@H]2C[C@H](OP(=O)(O)O)[C@@H](CO)O2)c(=O)n1.[Na].[Na]. The third-order valence-electron chi connectivity index (χ3n) is 2.79. The fraction of sp³-hybridized carbons (Fsp3) is 0.556. The molecule has 114 valence electrons. The van der Waals surface area contributed by atoms with Gasteiger partial charge >= 0.3 is 13.5 Å². The molecule has 0 unspecified atom stereocenters. The predicted octanol–water partition coefficient (Wildman–Crippen LogP) is -2.18. The maximum absolute atomic E-state index is 11.6. The molecule has 2 radical (unpaired) electrons. The molecule has 2 rings (SSSR count). The summed E-state index contributed by atoms with van der Waals surface area (Å²) in [5.41, 5.74) is 4.69. The number of phosphoric ester groups is 1. The van der Waals surface area contributed by atoms with Crippen LogP contribution in [-0.2, 0) is 13.8 Å². The number of aromatic nitrogens is 2. The van der Waals surface area contributed by atoms with Crippen LogP contribution < -0.4 is 11.4 Å². The molecule has 0 spiro atoms. The van der Waals surface area contributed by atoms with Gasteiger partial charge < -0.3 is 25.4 Å². The van der Waals surface area contributed by atoms with Gasteiger partial charge in [0.25, 0.3) is 0 Å². The van der Waals surface area contributed by atoms with Gasteiger partial charge in [-0.2, -0.15) is 4.98 Å². The van der Waals surface area contributed by atoms with Crippen LogP contribution >= 0.6 is 7.82 Å². The summed E-state index contributed by atoms with van der Waals surface area (Å²) in [5.74, 6) is 0.0472. The second kappa shape index (κ2) is 9.26. The van der Waals surface area contributed by atoms with Crippen molar-refractivity contribution in [3.8, 4) is 0 Å². The Bertz CT molecular complexity index is 595. The molecule has 13 heteroatoms. The summed E-state index contributed by atoms with van der Waals surface area (Å²) >= 11 is 0. The van der Waals surface area contributed by atoms with E-state index in [1.165, 1.54) is 12.3 Å². The van der Waals surface area contributed by atoms with E-state index in [1.807, 2.05) is 0 Å². The van der Waals surface area contributed by atoms with E-state index in [4.69, 9.17) is 25.4 Å². The first kappa shape index (κ1) is 22.7. The quantitative estimate of drug-likeness (QED) is 0.349. The van der Waals surface area contributed by atoms with Crippen LogP contribution in [0.5, 0.6) is 0 Å². The summed E-state index contributed by atoms with van der Waals surface area (Å²) in [4.78, 5) is 32.8. The molecule has 3 atom stereocenters. The van der Waals surface area contributed by atoms with Gasteiger partial charge in [0.1, 0.15) is 24.3 Å². The van der Waals surface area contributed by atoms with E-state index in [2.05, 4.69) is 9.51 Å². The third kappa shape index (κ3) is 5.97. The Labute approximate surface area is 169 Å². The molecule has 0 amide bonds. The molecule has 2 heterocycles. The number of anilines is 1. The molecule has 0 aliphatic carbocycles. The number of nitrogens with zero attached hydrogens (tertiary/aromatic N) is 2. The molecular weight excluding hydrogens is 339 g/mol. The van der Waals surface area contributed by atoms with Gasteiger partial charge in [0.15, 0.2) is 0 Å². The van der Waals surface area contributed by atoms with Crippen LogP contribution in [0.15, 0.2) is 17.1 Å². The molecular formula is C9H14N3Na2O7P. The van der Waals surface area contributed by atoms with Gasteiger partial charge in [0.2, 0.25) is 0 Å². The molecule has 0 aromatic carbocycles. The normalized spacial score (nSPS) is 24.4. The van der Waals surface area contributed by atoms with Crippen LogP contribution in [0.2, 0.25) is 0 Å². The Morgan fingerprint density at radius 3 is 2.64 bits per heavy atom. The largest absolute Gasteiger partial charge is 0.469 e. The van der Waals surface area contributed by atoms with Crippen LogP contribution in [-0.4, -0.2) is 102 Å². The Balaban J connectivity index is 0.00000220. The summed E-state index contributed by atoms with van der Waals surface area (Å²) in [6.07, 6.45) is -1.48. The fourth-order valence-corrected chi connectivity index (χ4v) is 2.54. The van der Waals surface area contributed by atoms with E-state index in [9.17, 15) is 9.36 Å². The van der Waals surface area contributed by atoms with Crippen LogP contribution in [0.3, 0.4) is 0 Å². The molecule has 1 aliphatic rings. The molecule has 1 aromatic rings. The van der Waals surface area contributed by atoms with Crippen molar-refractivity contribution in [2.45, 2.75) is 24.9 Å². The summed E-state index contributed by atoms with van der Waals surface area (Å²) < 4.78 is 21.8. The van der Waals surface area contributed by atoms with Crippen LogP contribution in [0.4, 0.5) is 5.82 Å². The van der Waals surface area contributed by atoms with Gasteiger partial charge in [0, 0.05) is 71.7 Å². The fourth-order valence-electron chi connectivity index (χ4n) is 1.97. The number of nitrogen functional groups attached to an aromatic ring is 1. The van der Waals surface area contributed by atoms with Crippen LogP contribution in [0, 0.1) is 0 Å². The second-order valence-electron chi connectivity index (χ2n) is 4.22. The third-order valence-corrected chi connectivity index (χ3v) is 3.34. The molecule has 22 heavy (non-hydrogen) atoms. The second-order valence-corrected chi connectivity index (χ2v) is 5.42. The minimum absolute atomic E-state index is 0. The zero-order valence-electron chi connectivity index (χ0n) is 12.2. The molecule has 1 aliphatic heterocycles. The van der Waals surface area contributed by atoms with E-state index in [0.717, 1.165) is 4.57 Å². The summed E-state index contributed by atoms with van der Waals surface area (Å²) in [6, 6.07) is 1.38. The Morgan fingerprint density at radius 1 is 1.50 bits per heavy atom. The smallest absolute Gasteiger partial charge is 0.394 e. The van der Waals surface area contributed by atoms with Crippen molar-refractivity contribution in [3.63, 3.8) is 0 Å². The first-order valence-electron chi connectivity index (χ1n) is 5.65. The summed E-state index contributed by atoms with van der Waals surface area (Å²) in [5, 5.41) is 9.13. The molecule has 1 aromatic heterocycles. The predicted molar refractivity (Wildman–Crippen MR) is 76.9 cm³/mol. The van der Waals surface area contributed by atoms with E-state index in [1.54, 1.807) is 0 Å². The van der Waals surface area contributed by atoms with Crippen molar-refractivity contribution < 1.29 is 28.7 Å². The van der Waals surface area contributed by atoms with Crippen molar-refractivity contribution in [2.24, 2.45) is 0 Å². The van der Waals surface area contributed by atoms with E-state index >= 15 is 0 Å². The Hall–Kier alpha value is 0.710. The van der Waals surface area contributed by atoms with Crippen LogP contribution in [0.25, 0.3) is 0 Å². The summed E-state index contributed by atoms with van der Waals surface area (Å²) in [7, 11) is -4.72. The van der Waals surface area contributed by atoms with Crippen molar-refractivity contribution in [1.82, 2.24) is 9.55 Å². The maximum atomic E-state index is 11.6. The van der Waals surface area contributed by atoms with E-state index < -0.39 is 38.6 Å². The average molecular weight is 353 g/mol. The molecule has 1 fully saturated rings. The van der Waals surface area contributed by atoms with Crippen molar-refractivity contribution >= 4 is 72.8 Å². The molecule has 5 N–H and O–H groups in total. The number of phosphoric acid groups is 1. The molecule has 1 saturated heterocycles. The van der Waals surface area contributed by atoms with Gasteiger partial charge in [-0.15, -0.1) is 0 Å². The number of rotatable bonds is 4. The van der Waals surface area contributed by atoms with Crippen molar-refractivity contribution in [2.75, 3.05) is 12.3 Å². The number of ether oxygens (including phenoxy) is 1. The summed E-state index contributed by atoms with van der Waals surface area (Å²) in [6.45, 7) is -0.502. The van der Waals surface area contributed by atoms with Gasteiger partial charge in [0.05, 0.1) is 6.61 Å². The number of aliphatic hydroxyl groups is 1. The van der Waals surface area contributed by atoms with Gasteiger partial charge in [-0.05, 0) is 6.07 Å².